The van der Waals surface area contributed by atoms with Gasteiger partial charge in [-0.2, -0.15) is 0 Å². The van der Waals surface area contributed by atoms with Gasteiger partial charge in [0, 0.05) is 18.9 Å². The highest BCUT2D eigenvalue weighted by atomic mass is 35.5. The second-order valence-corrected chi connectivity index (χ2v) is 5.92. The van der Waals surface area contributed by atoms with Crippen LogP contribution in [-0.4, -0.2) is 22.1 Å². The molecular weight excluding hydrogens is 330 g/mol. The van der Waals surface area contributed by atoms with Crippen molar-refractivity contribution < 1.29 is 14.3 Å². The standard InChI is InChI=1S/C17H14ClN3O3/c18-12-2-4-16-20-13(9-21(16)8-12)6-17(22)19-7-11-1-3-14-15(5-11)24-10-23-14/h1-5,8-9H,6-7,10H2,(H,19,22). The van der Waals surface area contributed by atoms with E-state index in [9.17, 15) is 4.79 Å². The Morgan fingerprint density at radius 2 is 2.08 bits per heavy atom. The van der Waals surface area contributed by atoms with Crippen LogP contribution < -0.4 is 14.8 Å². The second-order valence-electron chi connectivity index (χ2n) is 5.49. The fourth-order valence-electron chi connectivity index (χ4n) is 2.58. The summed E-state index contributed by atoms with van der Waals surface area (Å²) < 4.78 is 12.4. The van der Waals surface area contributed by atoms with E-state index >= 15 is 0 Å². The van der Waals surface area contributed by atoms with Gasteiger partial charge in [-0.3, -0.25) is 4.79 Å². The lowest BCUT2D eigenvalue weighted by Crippen LogP contribution is -2.24. The number of hydrogen-bond donors (Lipinski definition) is 1. The summed E-state index contributed by atoms with van der Waals surface area (Å²) in [6, 6.07) is 9.20. The van der Waals surface area contributed by atoms with Gasteiger partial charge in [-0.15, -0.1) is 0 Å². The first-order chi connectivity index (χ1) is 11.7. The smallest absolute Gasteiger partial charge is 0.231 e. The summed E-state index contributed by atoms with van der Waals surface area (Å²) in [6.07, 6.45) is 3.78. The number of imidazole rings is 1. The number of carbonyl (C=O) groups excluding carboxylic acids is 1. The zero-order chi connectivity index (χ0) is 16.5. The quantitative estimate of drug-likeness (QED) is 0.790. The third-order valence-corrected chi connectivity index (χ3v) is 3.96. The molecule has 0 spiro atoms. The maximum atomic E-state index is 12.1. The number of benzene rings is 1. The van der Waals surface area contributed by atoms with Crippen molar-refractivity contribution in [2.45, 2.75) is 13.0 Å². The summed E-state index contributed by atoms with van der Waals surface area (Å²) in [4.78, 5) is 16.5. The lowest BCUT2D eigenvalue weighted by molar-refractivity contribution is -0.120. The molecule has 7 heteroatoms. The maximum Gasteiger partial charge on any atom is 0.231 e. The first kappa shape index (κ1) is 14.8. The third kappa shape index (κ3) is 3.00. The highest BCUT2D eigenvalue weighted by Crippen LogP contribution is 2.32. The molecule has 1 amide bonds. The summed E-state index contributed by atoms with van der Waals surface area (Å²) in [7, 11) is 0. The van der Waals surface area contributed by atoms with Crippen LogP contribution in [0.15, 0.2) is 42.7 Å². The SMILES string of the molecule is O=C(Cc1cn2cc(Cl)ccc2n1)NCc1ccc2c(c1)OCO2. The first-order valence-electron chi connectivity index (χ1n) is 7.46. The number of fused-ring (bicyclic) bond motifs is 2. The molecular formula is C17H14ClN3O3. The highest BCUT2D eigenvalue weighted by molar-refractivity contribution is 6.30. The Bertz CT molecular complexity index is 923. The van der Waals surface area contributed by atoms with Gasteiger partial charge in [0.25, 0.3) is 0 Å². The fourth-order valence-corrected chi connectivity index (χ4v) is 2.75. The van der Waals surface area contributed by atoms with E-state index in [1.807, 2.05) is 28.7 Å². The summed E-state index contributed by atoms with van der Waals surface area (Å²) in [5.41, 5.74) is 2.41. The van der Waals surface area contributed by atoms with Gasteiger partial charge in [-0.05, 0) is 29.8 Å². The van der Waals surface area contributed by atoms with Gasteiger partial charge >= 0.3 is 0 Å². The predicted molar refractivity (Wildman–Crippen MR) is 88.3 cm³/mol. The number of pyridine rings is 1. The molecule has 3 heterocycles. The number of nitrogens with zero attached hydrogens (tertiary/aromatic N) is 2. The van der Waals surface area contributed by atoms with Crippen molar-refractivity contribution in [3.63, 3.8) is 0 Å². The van der Waals surface area contributed by atoms with E-state index in [1.165, 1.54) is 0 Å². The molecule has 0 saturated heterocycles. The summed E-state index contributed by atoms with van der Waals surface area (Å²) >= 11 is 5.94. The monoisotopic (exact) mass is 343 g/mol. The fraction of sp³-hybridized carbons (Fsp3) is 0.176. The van der Waals surface area contributed by atoms with Crippen LogP contribution >= 0.6 is 11.6 Å². The van der Waals surface area contributed by atoms with Gasteiger partial charge < -0.3 is 19.2 Å². The van der Waals surface area contributed by atoms with Crippen LogP contribution in [0.2, 0.25) is 5.02 Å². The Labute approximate surface area is 143 Å². The van der Waals surface area contributed by atoms with Gasteiger partial charge in [0.05, 0.1) is 17.1 Å². The Morgan fingerprint density at radius 3 is 3.00 bits per heavy atom. The van der Waals surface area contributed by atoms with Crippen LogP contribution in [0.1, 0.15) is 11.3 Å². The van der Waals surface area contributed by atoms with Gasteiger partial charge in [-0.25, -0.2) is 4.98 Å². The molecule has 0 aliphatic carbocycles. The number of aromatic nitrogens is 2. The largest absolute Gasteiger partial charge is 0.454 e. The second kappa shape index (κ2) is 6.05. The van der Waals surface area contributed by atoms with Crippen molar-refractivity contribution in [3.8, 4) is 11.5 Å². The van der Waals surface area contributed by atoms with Crippen molar-refractivity contribution in [1.82, 2.24) is 14.7 Å². The molecule has 0 atom stereocenters. The van der Waals surface area contributed by atoms with E-state index in [0.717, 1.165) is 17.0 Å². The number of amides is 1. The minimum absolute atomic E-state index is 0.0952. The minimum atomic E-state index is -0.0952. The zero-order valence-electron chi connectivity index (χ0n) is 12.7. The lowest BCUT2D eigenvalue weighted by Gasteiger charge is -2.05. The van der Waals surface area contributed by atoms with E-state index in [0.29, 0.717) is 23.0 Å². The maximum absolute atomic E-state index is 12.1. The Morgan fingerprint density at radius 1 is 1.21 bits per heavy atom. The number of carbonyl (C=O) groups is 1. The molecule has 0 fully saturated rings. The average molecular weight is 344 g/mol. The number of nitrogens with one attached hydrogen (secondary N) is 1. The molecule has 2 aromatic heterocycles. The van der Waals surface area contributed by atoms with E-state index in [-0.39, 0.29) is 19.1 Å². The molecule has 1 aromatic carbocycles. The van der Waals surface area contributed by atoms with Crippen molar-refractivity contribution in [3.05, 3.63) is 59.0 Å². The van der Waals surface area contributed by atoms with Crippen molar-refractivity contribution in [2.24, 2.45) is 0 Å². The first-order valence-corrected chi connectivity index (χ1v) is 7.83. The van der Waals surface area contributed by atoms with E-state index < -0.39 is 0 Å². The Hall–Kier alpha value is -2.73. The van der Waals surface area contributed by atoms with Crippen molar-refractivity contribution >= 4 is 23.2 Å². The Balaban J connectivity index is 1.39. The van der Waals surface area contributed by atoms with Crippen LogP contribution in [0.3, 0.4) is 0 Å². The zero-order valence-corrected chi connectivity index (χ0v) is 13.4. The number of hydrogen-bond acceptors (Lipinski definition) is 4. The number of rotatable bonds is 4. The van der Waals surface area contributed by atoms with E-state index in [4.69, 9.17) is 21.1 Å². The van der Waals surface area contributed by atoms with Crippen molar-refractivity contribution in [1.29, 1.82) is 0 Å². The highest BCUT2D eigenvalue weighted by Gasteiger charge is 2.14. The molecule has 1 N–H and O–H groups in total. The third-order valence-electron chi connectivity index (χ3n) is 3.73. The van der Waals surface area contributed by atoms with Gasteiger partial charge in [-0.1, -0.05) is 17.7 Å². The lowest BCUT2D eigenvalue weighted by atomic mass is 10.2. The topological polar surface area (TPSA) is 64.9 Å². The normalized spacial score (nSPS) is 12.5. The molecule has 0 bridgehead atoms. The van der Waals surface area contributed by atoms with Gasteiger partial charge in [0.1, 0.15) is 5.65 Å². The predicted octanol–water partition coefficient (Wildman–Crippen LogP) is 2.58. The number of ether oxygens (including phenoxy) is 2. The van der Waals surface area contributed by atoms with Crippen LogP contribution in [0, 0.1) is 0 Å². The minimum Gasteiger partial charge on any atom is -0.454 e. The van der Waals surface area contributed by atoms with Crippen LogP contribution in [-0.2, 0) is 17.8 Å². The molecule has 0 radical (unpaired) electrons. The van der Waals surface area contributed by atoms with Crippen LogP contribution in [0.25, 0.3) is 5.65 Å². The summed E-state index contributed by atoms with van der Waals surface area (Å²) in [6.45, 7) is 0.664. The molecule has 24 heavy (non-hydrogen) atoms. The van der Waals surface area contributed by atoms with Gasteiger partial charge in [0.15, 0.2) is 11.5 Å². The van der Waals surface area contributed by atoms with Crippen LogP contribution in [0.4, 0.5) is 0 Å². The molecule has 4 rings (SSSR count). The molecule has 0 saturated carbocycles. The molecule has 122 valence electrons. The number of halogens is 1. The molecule has 0 unspecified atom stereocenters. The summed E-state index contributed by atoms with van der Waals surface area (Å²) in [5.74, 6) is 1.34. The van der Waals surface area contributed by atoms with E-state index in [1.54, 1.807) is 18.5 Å². The Kier molecular flexibility index (Phi) is 3.74. The average Bonchev–Trinajstić information content (AvgIpc) is 3.17. The van der Waals surface area contributed by atoms with Crippen LogP contribution in [0.5, 0.6) is 11.5 Å². The molecule has 1 aliphatic rings. The summed E-state index contributed by atoms with van der Waals surface area (Å²) in [5, 5.41) is 3.51. The van der Waals surface area contributed by atoms with Crippen molar-refractivity contribution in [2.75, 3.05) is 6.79 Å². The molecule has 6 nitrogen and oxygen atoms in total. The van der Waals surface area contributed by atoms with E-state index in [2.05, 4.69) is 10.3 Å². The molecule has 3 aromatic rings. The van der Waals surface area contributed by atoms with Gasteiger partial charge in [0.2, 0.25) is 12.7 Å². The molecule has 1 aliphatic heterocycles.